The normalized spacial score (nSPS) is 10.1. The molecule has 6 nitrogen and oxygen atoms in total. The number of hydrogen-bond acceptors (Lipinski definition) is 5. The van der Waals surface area contributed by atoms with Crippen molar-refractivity contribution in [1.29, 1.82) is 0 Å². The highest BCUT2D eigenvalue weighted by Gasteiger charge is 2.17. The average Bonchev–Trinajstić information content (AvgIpc) is 2.47. The number of ether oxygens (including phenoxy) is 2. The molecule has 0 unspecified atom stereocenters. The van der Waals surface area contributed by atoms with Gasteiger partial charge in [-0.15, -0.1) is 0 Å². The Morgan fingerprint density at radius 1 is 1.20 bits per heavy atom. The third kappa shape index (κ3) is 3.04. The number of hydrogen-bond donors (Lipinski definition) is 1. The van der Waals surface area contributed by atoms with E-state index in [9.17, 15) is 10.1 Å². The van der Waals surface area contributed by atoms with Gasteiger partial charge in [-0.2, -0.15) is 0 Å². The Kier molecular flexibility index (Phi) is 4.17. The van der Waals surface area contributed by atoms with Crippen molar-refractivity contribution in [1.82, 2.24) is 0 Å². The van der Waals surface area contributed by atoms with E-state index in [2.05, 4.69) is 0 Å². The van der Waals surface area contributed by atoms with Gasteiger partial charge in [0.25, 0.3) is 0 Å². The van der Waals surface area contributed by atoms with Crippen LogP contribution in [0.1, 0.15) is 5.56 Å². The molecule has 20 heavy (non-hydrogen) atoms. The van der Waals surface area contributed by atoms with E-state index in [1.165, 1.54) is 19.2 Å². The minimum atomic E-state index is -0.534. The Morgan fingerprint density at radius 2 is 2.00 bits per heavy atom. The molecule has 0 aliphatic rings. The van der Waals surface area contributed by atoms with E-state index in [0.717, 1.165) is 0 Å². The van der Waals surface area contributed by atoms with Gasteiger partial charge in [0.05, 0.1) is 24.7 Å². The SMILES string of the molecule is COc1ccc(Oc2cccc(CO)c2)c([N+](=O)[O-])c1. The van der Waals surface area contributed by atoms with Crippen LogP contribution in [0.15, 0.2) is 42.5 Å². The molecule has 0 fully saturated rings. The van der Waals surface area contributed by atoms with Gasteiger partial charge in [0, 0.05) is 0 Å². The molecule has 104 valence electrons. The van der Waals surface area contributed by atoms with Gasteiger partial charge in [0.2, 0.25) is 5.75 Å². The van der Waals surface area contributed by atoms with Crippen LogP contribution in [0.4, 0.5) is 5.69 Å². The minimum Gasteiger partial charge on any atom is -0.496 e. The van der Waals surface area contributed by atoms with Crippen LogP contribution in [0.5, 0.6) is 17.2 Å². The molecule has 0 saturated heterocycles. The molecule has 0 amide bonds. The number of methoxy groups -OCH3 is 1. The Labute approximate surface area is 115 Å². The van der Waals surface area contributed by atoms with Gasteiger partial charge in [-0.1, -0.05) is 12.1 Å². The molecule has 0 aromatic heterocycles. The monoisotopic (exact) mass is 275 g/mol. The van der Waals surface area contributed by atoms with E-state index in [4.69, 9.17) is 14.6 Å². The number of nitrogens with zero attached hydrogens (tertiary/aromatic N) is 1. The first kappa shape index (κ1) is 13.8. The fourth-order valence-corrected chi connectivity index (χ4v) is 1.69. The van der Waals surface area contributed by atoms with Gasteiger partial charge < -0.3 is 14.6 Å². The van der Waals surface area contributed by atoms with Crippen LogP contribution < -0.4 is 9.47 Å². The summed E-state index contributed by atoms with van der Waals surface area (Å²) in [6.07, 6.45) is 0. The van der Waals surface area contributed by atoms with Crippen LogP contribution in [0.2, 0.25) is 0 Å². The predicted octanol–water partition coefficient (Wildman–Crippen LogP) is 2.89. The molecule has 0 saturated carbocycles. The van der Waals surface area contributed by atoms with Crippen molar-refractivity contribution in [3.05, 3.63) is 58.1 Å². The maximum absolute atomic E-state index is 11.0. The fourth-order valence-electron chi connectivity index (χ4n) is 1.69. The average molecular weight is 275 g/mol. The van der Waals surface area contributed by atoms with Gasteiger partial charge in [0.1, 0.15) is 11.5 Å². The van der Waals surface area contributed by atoms with Crippen LogP contribution in [-0.2, 0) is 6.61 Å². The highest BCUT2D eigenvalue weighted by Crippen LogP contribution is 2.34. The summed E-state index contributed by atoms with van der Waals surface area (Å²) in [6, 6.07) is 11.1. The summed E-state index contributed by atoms with van der Waals surface area (Å²) in [5.74, 6) is 0.920. The van der Waals surface area contributed by atoms with Crippen molar-refractivity contribution in [2.75, 3.05) is 7.11 Å². The van der Waals surface area contributed by atoms with Gasteiger partial charge >= 0.3 is 5.69 Å². The molecule has 0 bridgehead atoms. The predicted molar refractivity (Wildman–Crippen MR) is 72.1 cm³/mol. The zero-order chi connectivity index (χ0) is 14.5. The summed E-state index contributed by atoms with van der Waals surface area (Å²) in [7, 11) is 1.43. The highest BCUT2D eigenvalue weighted by atomic mass is 16.6. The number of aliphatic hydroxyl groups excluding tert-OH is 1. The number of nitro benzene ring substituents is 1. The molecule has 2 rings (SSSR count). The molecule has 2 aromatic rings. The standard InChI is InChI=1S/C14H13NO5/c1-19-11-5-6-14(13(8-11)15(17)18)20-12-4-2-3-10(7-12)9-16/h2-8,16H,9H2,1H3. The topological polar surface area (TPSA) is 81.8 Å². The van der Waals surface area contributed by atoms with E-state index in [-0.39, 0.29) is 18.0 Å². The Morgan fingerprint density at radius 3 is 2.65 bits per heavy atom. The fraction of sp³-hybridized carbons (Fsp3) is 0.143. The summed E-state index contributed by atoms with van der Waals surface area (Å²) in [6.45, 7) is -0.123. The zero-order valence-electron chi connectivity index (χ0n) is 10.8. The third-order valence-corrected chi connectivity index (χ3v) is 2.67. The van der Waals surface area contributed by atoms with E-state index in [1.54, 1.807) is 30.3 Å². The molecule has 0 atom stereocenters. The van der Waals surface area contributed by atoms with Crippen molar-refractivity contribution in [2.24, 2.45) is 0 Å². The first-order valence-corrected chi connectivity index (χ1v) is 5.84. The number of nitro groups is 1. The number of rotatable bonds is 5. The minimum absolute atomic E-state index is 0.117. The van der Waals surface area contributed by atoms with Crippen LogP contribution in [-0.4, -0.2) is 17.1 Å². The van der Waals surface area contributed by atoms with E-state index in [1.807, 2.05) is 0 Å². The quantitative estimate of drug-likeness (QED) is 0.670. The lowest BCUT2D eigenvalue weighted by Gasteiger charge is -2.08. The molecular weight excluding hydrogens is 262 g/mol. The molecule has 0 heterocycles. The summed E-state index contributed by atoms with van der Waals surface area (Å²) in [4.78, 5) is 10.5. The molecular formula is C14H13NO5. The summed E-state index contributed by atoms with van der Waals surface area (Å²) in [5, 5.41) is 20.1. The van der Waals surface area contributed by atoms with Crippen molar-refractivity contribution in [3.63, 3.8) is 0 Å². The van der Waals surface area contributed by atoms with Crippen LogP contribution in [0.3, 0.4) is 0 Å². The summed E-state index contributed by atoms with van der Waals surface area (Å²) in [5.41, 5.74) is 0.484. The first-order valence-electron chi connectivity index (χ1n) is 5.84. The molecule has 0 spiro atoms. The van der Waals surface area contributed by atoms with Gasteiger partial charge in [-0.05, 0) is 29.8 Å². The third-order valence-electron chi connectivity index (χ3n) is 2.67. The van der Waals surface area contributed by atoms with Crippen molar-refractivity contribution in [2.45, 2.75) is 6.61 Å². The Bertz CT molecular complexity index is 627. The second-order valence-electron chi connectivity index (χ2n) is 4.00. The number of benzene rings is 2. The lowest BCUT2D eigenvalue weighted by atomic mass is 10.2. The highest BCUT2D eigenvalue weighted by molar-refractivity contribution is 5.52. The van der Waals surface area contributed by atoms with E-state index >= 15 is 0 Å². The zero-order valence-corrected chi connectivity index (χ0v) is 10.8. The van der Waals surface area contributed by atoms with Crippen molar-refractivity contribution >= 4 is 5.69 Å². The Balaban J connectivity index is 2.34. The van der Waals surface area contributed by atoms with Gasteiger partial charge in [-0.3, -0.25) is 10.1 Å². The van der Waals surface area contributed by atoms with Crippen molar-refractivity contribution < 1.29 is 19.5 Å². The lowest BCUT2D eigenvalue weighted by Crippen LogP contribution is -1.95. The van der Waals surface area contributed by atoms with E-state index < -0.39 is 4.92 Å². The molecule has 1 N–H and O–H groups in total. The molecule has 0 aliphatic heterocycles. The smallest absolute Gasteiger partial charge is 0.315 e. The maximum atomic E-state index is 11.0. The van der Waals surface area contributed by atoms with Crippen LogP contribution in [0.25, 0.3) is 0 Å². The molecule has 0 aliphatic carbocycles. The van der Waals surface area contributed by atoms with Crippen molar-refractivity contribution in [3.8, 4) is 17.2 Å². The second-order valence-corrected chi connectivity index (χ2v) is 4.00. The maximum Gasteiger partial charge on any atom is 0.315 e. The Hall–Kier alpha value is -2.60. The second kappa shape index (κ2) is 6.03. The molecule has 2 aromatic carbocycles. The number of aliphatic hydroxyl groups is 1. The first-order chi connectivity index (χ1) is 9.63. The van der Waals surface area contributed by atoms with Gasteiger partial charge in [-0.25, -0.2) is 0 Å². The van der Waals surface area contributed by atoms with E-state index in [0.29, 0.717) is 17.1 Å². The summed E-state index contributed by atoms with van der Waals surface area (Å²) < 4.78 is 10.5. The lowest BCUT2D eigenvalue weighted by molar-refractivity contribution is -0.385. The molecule has 0 radical (unpaired) electrons. The van der Waals surface area contributed by atoms with Gasteiger partial charge in [0.15, 0.2) is 0 Å². The largest absolute Gasteiger partial charge is 0.496 e. The van der Waals surface area contributed by atoms with Crippen LogP contribution in [0, 0.1) is 10.1 Å². The summed E-state index contributed by atoms with van der Waals surface area (Å²) >= 11 is 0. The molecule has 6 heteroatoms. The van der Waals surface area contributed by atoms with Crippen LogP contribution >= 0.6 is 0 Å².